The minimum atomic E-state index is -0.129. The Balaban J connectivity index is 1.55. The molecule has 2 heterocycles. The van der Waals surface area contributed by atoms with E-state index in [4.69, 9.17) is 4.74 Å². The Kier molecular flexibility index (Phi) is 5.38. The van der Waals surface area contributed by atoms with Gasteiger partial charge in [-0.2, -0.15) is 0 Å². The molecule has 0 unspecified atom stereocenters. The average molecular weight is 326 g/mol. The van der Waals surface area contributed by atoms with Gasteiger partial charge in [-0.05, 0) is 25.5 Å². The summed E-state index contributed by atoms with van der Waals surface area (Å²) in [5, 5.41) is 11.1. The molecule has 2 aromatic rings. The van der Waals surface area contributed by atoms with Crippen molar-refractivity contribution < 1.29 is 9.53 Å². The van der Waals surface area contributed by atoms with Crippen molar-refractivity contribution in [3.63, 3.8) is 0 Å². The number of anilines is 1. The van der Waals surface area contributed by atoms with Gasteiger partial charge in [0.1, 0.15) is 0 Å². The number of aromatic nitrogens is 2. The highest BCUT2D eigenvalue weighted by Gasteiger charge is 2.26. The third kappa shape index (κ3) is 4.08. The Morgan fingerprint density at radius 2 is 2.08 bits per heavy atom. The molecule has 0 aliphatic carbocycles. The van der Waals surface area contributed by atoms with Gasteiger partial charge in [0.2, 0.25) is 0 Å². The summed E-state index contributed by atoms with van der Waals surface area (Å²) < 4.78 is 5.44. The number of carbonyl (C=O) groups excluding carboxylic acids is 1. The number of nitrogens with zero attached hydrogens (tertiary/aromatic N) is 3. The van der Waals surface area contributed by atoms with Crippen molar-refractivity contribution in [1.82, 2.24) is 15.1 Å². The molecule has 0 saturated carbocycles. The van der Waals surface area contributed by atoms with Crippen LogP contribution in [0.25, 0.3) is 11.3 Å². The summed E-state index contributed by atoms with van der Waals surface area (Å²) in [6.07, 6.45) is 0.978. The fraction of sp³-hybridized carbons (Fsp3) is 0.389. The zero-order chi connectivity index (χ0) is 16.8. The Bertz CT molecular complexity index is 660. The van der Waals surface area contributed by atoms with Gasteiger partial charge < -0.3 is 9.64 Å². The fourth-order valence-corrected chi connectivity index (χ4v) is 2.79. The number of urea groups is 1. The number of nitrogens with one attached hydrogen (secondary N) is 1. The van der Waals surface area contributed by atoms with Crippen LogP contribution < -0.4 is 5.32 Å². The lowest BCUT2D eigenvalue weighted by Crippen LogP contribution is -2.33. The van der Waals surface area contributed by atoms with Gasteiger partial charge in [-0.25, -0.2) is 4.79 Å². The Morgan fingerprint density at radius 1 is 1.25 bits per heavy atom. The van der Waals surface area contributed by atoms with Crippen molar-refractivity contribution >= 4 is 11.8 Å². The average Bonchev–Trinajstić information content (AvgIpc) is 3.10. The molecule has 0 radical (unpaired) electrons. The lowest BCUT2D eigenvalue weighted by molar-refractivity contribution is 0.113. The third-order valence-electron chi connectivity index (χ3n) is 4.10. The molecular weight excluding hydrogens is 304 g/mol. The molecule has 1 aliphatic rings. The highest BCUT2D eigenvalue weighted by Crippen LogP contribution is 2.19. The molecule has 24 heavy (non-hydrogen) atoms. The van der Waals surface area contributed by atoms with Gasteiger partial charge in [0.25, 0.3) is 0 Å². The number of amides is 2. The van der Waals surface area contributed by atoms with E-state index in [9.17, 15) is 4.79 Å². The number of hydrogen-bond donors (Lipinski definition) is 1. The zero-order valence-corrected chi connectivity index (χ0v) is 13.8. The first-order valence-electron chi connectivity index (χ1n) is 8.29. The second-order valence-electron chi connectivity index (χ2n) is 5.86. The molecule has 3 rings (SSSR count). The van der Waals surface area contributed by atoms with E-state index in [0.717, 1.165) is 30.8 Å². The molecule has 0 bridgehead atoms. The molecule has 1 N–H and O–H groups in total. The van der Waals surface area contributed by atoms with Crippen LogP contribution in [0, 0.1) is 5.92 Å². The highest BCUT2D eigenvalue weighted by atomic mass is 16.5. The van der Waals surface area contributed by atoms with Gasteiger partial charge in [0, 0.05) is 31.2 Å². The molecule has 6 nitrogen and oxygen atoms in total. The van der Waals surface area contributed by atoms with Crippen molar-refractivity contribution in [2.45, 2.75) is 13.3 Å². The van der Waals surface area contributed by atoms with Crippen LogP contribution in [0.2, 0.25) is 0 Å². The first kappa shape index (κ1) is 16.4. The molecule has 0 spiro atoms. The molecule has 2 amide bonds. The standard InChI is InChI=1S/C18H22N4O2/c1-2-24-13-14-10-11-22(12-14)18(23)19-17-9-8-16(20-21-17)15-6-4-3-5-7-15/h3-9,14H,2,10-13H2,1H3,(H,19,21,23)/t14-/m0/s1. The monoisotopic (exact) mass is 326 g/mol. The number of benzene rings is 1. The summed E-state index contributed by atoms with van der Waals surface area (Å²) in [6.45, 7) is 4.88. The smallest absolute Gasteiger partial charge is 0.323 e. The normalized spacial score (nSPS) is 17.0. The van der Waals surface area contributed by atoms with Crippen molar-refractivity contribution in [2.75, 3.05) is 31.6 Å². The van der Waals surface area contributed by atoms with Crippen LogP contribution in [0.1, 0.15) is 13.3 Å². The molecule has 126 valence electrons. The van der Waals surface area contributed by atoms with Crippen molar-refractivity contribution in [2.24, 2.45) is 5.92 Å². The van der Waals surface area contributed by atoms with E-state index in [2.05, 4.69) is 15.5 Å². The van der Waals surface area contributed by atoms with E-state index < -0.39 is 0 Å². The molecule has 1 atom stereocenters. The number of ether oxygens (including phenoxy) is 1. The van der Waals surface area contributed by atoms with Crippen molar-refractivity contribution in [3.05, 3.63) is 42.5 Å². The quantitative estimate of drug-likeness (QED) is 0.917. The van der Waals surface area contributed by atoms with Crippen LogP contribution in [0.15, 0.2) is 42.5 Å². The van der Waals surface area contributed by atoms with E-state index in [-0.39, 0.29) is 6.03 Å². The van der Waals surface area contributed by atoms with Crippen LogP contribution in [-0.4, -0.2) is 47.4 Å². The third-order valence-corrected chi connectivity index (χ3v) is 4.10. The maximum absolute atomic E-state index is 12.3. The summed E-state index contributed by atoms with van der Waals surface area (Å²) in [5.74, 6) is 0.884. The topological polar surface area (TPSA) is 67.3 Å². The molecule has 6 heteroatoms. The summed E-state index contributed by atoms with van der Waals surface area (Å²) >= 11 is 0. The van der Waals surface area contributed by atoms with Crippen LogP contribution in [0.5, 0.6) is 0 Å². The van der Waals surface area contributed by atoms with Gasteiger partial charge in [-0.15, -0.1) is 10.2 Å². The van der Waals surface area contributed by atoms with Gasteiger partial charge in [0.05, 0.1) is 12.3 Å². The summed E-state index contributed by atoms with van der Waals surface area (Å²) in [4.78, 5) is 14.1. The number of carbonyl (C=O) groups is 1. The van der Waals surface area contributed by atoms with E-state index in [1.54, 1.807) is 11.0 Å². The summed E-state index contributed by atoms with van der Waals surface area (Å²) in [7, 11) is 0. The Morgan fingerprint density at radius 3 is 2.79 bits per heavy atom. The van der Waals surface area contributed by atoms with E-state index >= 15 is 0 Å². The maximum atomic E-state index is 12.3. The minimum absolute atomic E-state index is 0.129. The summed E-state index contributed by atoms with van der Waals surface area (Å²) in [5.41, 5.74) is 1.78. The van der Waals surface area contributed by atoms with E-state index in [1.165, 1.54) is 0 Å². The zero-order valence-electron chi connectivity index (χ0n) is 13.8. The maximum Gasteiger partial charge on any atom is 0.323 e. The minimum Gasteiger partial charge on any atom is -0.381 e. The number of likely N-dealkylation sites (tertiary alicyclic amines) is 1. The number of rotatable bonds is 5. The lowest BCUT2D eigenvalue weighted by atomic mass is 10.1. The van der Waals surface area contributed by atoms with Crippen LogP contribution in [0.4, 0.5) is 10.6 Å². The predicted molar refractivity (Wildman–Crippen MR) is 92.7 cm³/mol. The molecule has 1 aromatic carbocycles. The summed E-state index contributed by atoms with van der Waals surface area (Å²) in [6, 6.07) is 13.3. The van der Waals surface area contributed by atoms with Crippen LogP contribution in [-0.2, 0) is 4.74 Å². The first-order chi connectivity index (χ1) is 11.8. The van der Waals surface area contributed by atoms with Gasteiger partial charge >= 0.3 is 6.03 Å². The Labute approximate surface area is 141 Å². The van der Waals surface area contributed by atoms with Crippen LogP contribution in [0.3, 0.4) is 0 Å². The van der Waals surface area contributed by atoms with Gasteiger partial charge in [-0.1, -0.05) is 30.3 Å². The van der Waals surface area contributed by atoms with Crippen molar-refractivity contribution in [1.29, 1.82) is 0 Å². The molecule has 1 aliphatic heterocycles. The van der Waals surface area contributed by atoms with Crippen molar-refractivity contribution in [3.8, 4) is 11.3 Å². The lowest BCUT2D eigenvalue weighted by Gasteiger charge is -2.17. The van der Waals surface area contributed by atoms with E-state index in [0.29, 0.717) is 24.9 Å². The second-order valence-corrected chi connectivity index (χ2v) is 5.86. The fourth-order valence-electron chi connectivity index (χ4n) is 2.79. The Hall–Kier alpha value is -2.47. The van der Waals surface area contributed by atoms with E-state index in [1.807, 2.05) is 43.3 Å². The van der Waals surface area contributed by atoms with Gasteiger partial charge in [-0.3, -0.25) is 5.32 Å². The van der Waals surface area contributed by atoms with Gasteiger partial charge in [0.15, 0.2) is 5.82 Å². The SMILES string of the molecule is CCOC[C@H]1CCN(C(=O)Nc2ccc(-c3ccccc3)nn2)C1. The second kappa shape index (κ2) is 7.88. The molecule has 1 saturated heterocycles. The molecular formula is C18H22N4O2. The number of hydrogen-bond acceptors (Lipinski definition) is 4. The highest BCUT2D eigenvalue weighted by molar-refractivity contribution is 5.88. The molecule has 1 fully saturated rings. The van der Waals surface area contributed by atoms with Crippen LogP contribution >= 0.6 is 0 Å². The first-order valence-corrected chi connectivity index (χ1v) is 8.29. The largest absolute Gasteiger partial charge is 0.381 e. The molecule has 1 aromatic heterocycles. The predicted octanol–water partition coefficient (Wildman–Crippen LogP) is 3.03.